The molecule has 0 atom stereocenters. The number of hydrogen-bond donors (Lipinski definition) is 2. The van der Waals surface area contributed by atoms with Gasteiger partial charge in [-0.1, -0.05) is 26.7 Å². The van der Waals surface area contributed by atoms with Gasteiger partial charge in [0.25, 0.3) is 0 Å². The highest BCUT2D eigenvalue weighted by Gasteiger charge is 2.18. The van der Waals surface area contributed by atoms with Crippen molar-refractivity contribution in [2.75, 3.05) is 20.1 Å². The maximum Gasteiger partial charge on any atom is 0.191 e. The van der Waals surface area contributed by atoms with Crippen molar-refractivity contribution in [3.8, 4) is 0 Å². The third-order valence-corrected chi connectivity index (χ3v) is 4.57. The SMILES string of the molecule is CCc1nncn1CCNC(=NC)NCC1CCC(C)CC1.I. The van der Waals surface area contributed by atoms with Crippen LogP contribution in [0.3, 0.4) is 0 Å². The average molecular weight is 434 g/mol. The highest BCUT2D eigenvalue weighted by atomic mass is 127. The van der Waals surface area contributed by atoms with Crippen molar-refractivity contribution in [1.29, 1.82) is 0 Å². The van der Waals surface area contributed by atoms with Crippen LogP contribution in [0.5, 0.6) is 0 Å². The van der Waals surface area contributed by atoms with Crippen LogP contribution in [-0.2, 0) is 13.0 Å². The molecular formula is C16H31IN6. The van der Waals surface area contributed by atoms with E-state index in [9.17, 15) is 0 Å². The Bertz CT molecular complexity index is 465. The number of halogens is 1. The standard InChI is InChI=1S/C16H30N6.HI/c1-4-15-21-20-12-22(15)10-9-18-16(17-3)19-11-14-7-5-13(2)6-8-14;/h12-14H,4-11H2,1-3H3,(H2,17,18,19);1H. The molecule has 0 spiro atoms. The summed E-state index contributed by atoms with van der Waals surface area (Å²) in [6.07, 6.45) is 8.11. The van der Waals surface area contributed by atoms with Gasteiger partial charge in [-0.05, 0) is 24.7 Å². The van der Waals surface area contributed by atoms with Gasteiger partial charge in [0.1, 0.15) is 12.2 Å². The Hall–Kier alpha value is -0.860. The van der Waals surface area contributed by atoms with E-state index in [1.807, 2.05) is 7.05 Å². The van der Waals surface area contributed by atoms with Gasteiger partial charge >= 0.3 is 0 Å². The van der Waals surface area contributed by atoms with Crippen LogP contribution < -0.4 is 10.6 Å². The Labute approximate surface area is 157 Å². The van der Waals surface area contributed by atoms with Crippen molar-refractivity contribution in [3.05, 3.63) is 12.2 Å². The van der Waals surface area contributed by atoms with Crippen molar-refractivity contribution in [1.82, 2.24) is 25.4 Å². The molecule has 1 saturated carbocycles. The van der Waals surface area contributed by atoms with Gasteiger partial charge in [-0.15, -0.1) is 34.2 Å². The van der Waals surface area contributed by atoms with Crippen molar-refractivity contribution < 1.29 is 0 Å². The normalized spacial score (nSPS) is 21.6. The summed E-state index contributed by atoms with van der Waals surface area (Å²) in [4.78, 5) is 4.30. The number of nitrogens with zero attached hydrogens (tertiary/aromatic N) is 4. The minimum Gasteiger partial charge on any atom is -0.356 e. The van der Waals surface area contributed by atoms with Crippen LogP contribution >= 0.6 is 24.0 Å². The molecule has 0 radical (unpaired) electrons. The fraction of sp³-hybridized carbons (Fsp3) is 0.812. The Morgan fingerprint density at radius 2 is 2.04 bits per heavy atom. The highest BCUT2D eigenvalue weighted by molar-refractivity contribution is 14.0. The lowest BCUT2D eigenvalue weighted by Crippen LogP contribution is -2.41. The highest BCUT2D eigenvalue weighted by Crippen LogP contribution is 2.27. The van der Waals surface area contributed by atoms with Crippen LogP contribution in [0.4, 0.5) is 0 Å². The van der Waals surface area contributed by atoms with Gasteiger partial charge < -0.3 is 15.2 Å². The molecule has 132 valence electrons. The number of aromatic nitrogens is 3. The molecule has 2 rings (SSSR count). The molecule has 0 unspecified atom stereocenters. The molecule has 0 saturated heterocycles. The molecule has 0 bridgehead atoms. The van der Waals surface area contributed by atoms with E-state index in [0.717, 1.165) is 49.7 Å². The van der Waals surface area contributed by atoms with E-state index >= 15 is 0 Å². The summed E-state index contributed by atoms with van der Waals surface area (Å²) in [5, 5.41) is 14.9. The van der Waals surface area contributed by atoms with Gasteiger partial charge in [-0.25, -0.2) is 0 Å². The summed E-state index contributed by atoms with van der Waals surface area (Å²) in [5.41, 5.74) is 0. The first-order valence-corrected chi connectivity index (χ1v) is 8.54. The van der Waals surface area contributed by atoms with Crippen LogP contribution in [0.1, 0.15) is 45.4 Å². The van der Waals surface area contributed by atoms with E-state index in [-0.39, 0.29) is 24.0 Å². The molecular weight excluding hydrogens is 403 g/mol. The molecule has 2 N–H and O–H groups in total. The van der Waals surface area contributed by atoms with Gasteiger partial charge in [-0.2, -0.15) is 0 Å². The van der Waals surface area contributed by atoms with Gasteiger partial charge in [0.2, 0.25) is 0 Å². The second kappa shape index (κ2) is 10.8. The quantitative estimate of drug-likeness (QED) is 0.410. The summed E-state index contributed by atoms with van der Waals surface area (Å²) in [6.45, 7) is 7.17. The van der Waals surface area contributed by atoms with Crippen LogP contribution in [0.25, 0.3) is 0 Å². The topological polar surface area (TPSA) is 67.1 Å². The van der Waals surface area contributed by atoms with E-state index in [1.165, 1.54) is 25.7 Å². The number of aliphatic imine (C=N–C) groups is 1. The zero-order valence-corrected chi connectivity index (χ0v) is 16.9. The first kappa shape index (κ1) is 20.2. The van der Waals surface area contributed by atoms with E-state index < -0.39 is 0 Å². The second-order valence-electron chi connectivity index (χ2n) is 6.30. The number of guanidine groups is 1. The van der Waals surface area contributed by atoms with Gasteiger partial charge in [0.05, 0.1) is 0 Å². The Kier molecular flexibility index (Phi) is 9.50. The lowest BCUT2D eigenvalue weighted by Gasteiger charge is -2.26. The zero-order chi connectivity index (χ0) is 15.8. The molecule has 0 amide bonds. The molecule has 1 aromatic heterocycles. The third kappa shape index (κ3) is 6.64. The summed E-state index contributed by atoms with van der Waals surface area (Å²) >= 11 is 0. The fourth-order valence-electron chi connectivity index (χ4n) is 3.03. The van der Waals surface area contributed by atoms with Gasteiger partial charge in [0, 0.05) is 33.1 Å². The maximum atomic E-state index is 4.30. The van der Waals surface area contributed by atoms with Crippen molar-refractivity contribution >= 4 is 29.9 Å². The summed E-state index contributed by atoms with van der Waals surface area (Å²) < 4.78 is 2.09. The fourth-order valence-corrected chi connectivity index (χ4v) is 3.03. The summed E-state index contributed by atoms with van der Waals surface area (Å²) in [7, 11) is 1.83. The molecule has 1 fully saturated rings. The van der Waals surface area contributed by atoms with E-state index in [1.54, 1.807) is 6.33 Å². The monoisotopic (exact) mass is 434 g/mol. The predicted molar refractivity (Wildman–Crippen MR) is 105 cm³/mol. The largest absolute Gasteiger partial charge is 0.356 e. The zero-order valence-electron chi connectivity index (χ0n) is 14.6. The molecule has 1 heterocycles. The smallest absolute Gasteiger partial charge is 0.191 e. The molecule has 6 nitrogen and oxygen atoms in total. The molecule has 0 aromatic carbocycles. The number of hydrogen-bond acceptors (Lipinski definition) is 3. The van der Waals surface area contributed by atoms with Gasteiger partial charge in [0.15, 0.2) is 5.96 Å². The third-order valence-electron chi connectivity index (χ3n) is 4.57. The van der Waals surface area contributed by atoms with Gasteiger partial charge in [-0.3, -0.25) is 4.99 Å². The first-order chi connectivity index (χ1) is 10.7. The van der Waals surface area contributed by atoms with Crippen molar-refractivity contribution in [2.45, 2.75) is 52.5 Å². The van der Waals surface area contributed by atoms with E-state index in [2.05, 4.69) is 44.2 Å². The molecule has 1 aliphatic carbocycles. The van der Waals surface area contributed by atoms with Crippen LogP contribution in [0, 0.1) is 11.8 Å². The Balaban J connectivity index is 0.00000264. The molecule has 1 aromatic rings. The predicted octanol–water partition coefficient (Wildman–Crippen LogP) is 2.45. The number of nitrogens with one attached hydrogen (secondary N) is 2. The number of aryl methyl sites for hydroxylation is 1. The molecule has 23 heavy (non-hydrogen) atoms. The minimum atomic E-state index is 0. The number of rotatable bonds is 6. The first-order valence-electron chi connectivity index (χ1n) is 8.54. The van der Waals surface area contributed by atoms with E-state index in [0.29, 0.717) is 0 Å². The van der Waals surface area contributed by atoms with Crippen molar-refractivity contribution in [3.63, 3.8) is 0 Å². The van der Waals surface area contributed by atoms with Crippen LogP contribution in [0.15, 0.2) is 11.3 Å². The molecule has 7 heteroatoms. The lowest BCUT2D eigenvalue weighted by molar-refractivity contribution is 0.289. The van der Waals surface area contributed by atoms with Crippen LogP contribution in [0.2, 0.25) is 0 Å². The average Bonchev–Trinajstić information content (AvgIpc) is 2.99. The molecule has 0 aliphatic heterocycles. The van der Waals surface area contributed by atoms with Crippen LogP contribution in [-0.4, -0.2) is 40.9 Å². The molecule has 1 aliphatic rings. The Morgan fingerprint density at radius 3 is 2.70 bits per heavy atom. The summed E-state index contributed by atoms with van der Waals surface area (Å²) in [6, 6.07) is 0. The Morgan fingerprint density at radius 1 is 1.30 bits per heavy atom. The lowest BCUT2D eigenvalue weighted by atomic mass is 9.83. The van der Waals surface area contributed by atoms with Crippen molar-refractivity contribution in [2.24, 2.45) is 16.8 Å². The maximum absolute atomic E-state index is 4.30. The van der Waals surface area contributed by atoms with E-state index in [4.69, 9.17) is 0 Å². The minimum absolute atomic E-state index is 0. The second-order valence-corrected chi connectivity index (χ2v) is 6.30. The summed E-state index contributed by atoms with van der Waals surface area (Å²) in [5.74, 6) is 3.62.